The minimum atomic E-state index is -5.38. The van der Waals surface area contributed by atoms with Gasteiger partial charge in [0.25, 0.3) is 0 Å². The van der Waals surface area contributed by atoms with Crippen molar-refractivity contribution in [1.29, 1.82) is 0 Å². The molecule has 8 atom stereocenters. The molecule has 1 fully saturated rings. The number of allylic oxidation sites excluding steroid dienone is 10. The zero-order valence-corrected chi connectivity index (χ0v) is 42.3. The largest absolute Gasteiger partial charge is 0.472 e. The molecule has 17 nitrogen and oxygen atoms in total. The fourth-order valence-corrected chi connectivity index (χ4v) is 8.77. The quantitative estimate of drug-likeness (QED) is 0.0123. The van der Waals surface area contributed by atoms with Gasteiger partial charge in [-0.05, 0) is 83.5 Å². The lowest BCUT2D eigenvalue weighted by atomic mass is 9.85. The summed E-state index contributed by atoms with van der Waals surface area (Å²) in [4.78, 5) is 54.3. The van der Waals surface area contributed by atoms with Crippen LogP contribution in [0.15, 0.2) is 60.8 Å². The molecule has 0 bridgehead atoms. The maximum atomic E-state index is 13.0. The number of phosphoric ester groups is 2. The fourth-order valence-electron chi connectivity index (χ4n) is 7.23. The van der Waals surface area contributed by atoms with Gasteiger partial charge in [-0.15, -0.1) is 0 Å². The maximum absolute atomic E-state index is 13.0. The van der Waals surface area contributed by atoms with Crippen molar-refractivity contribution in [2.75, 3.05) is 19.8 Å². The summed E-state index contributed by atoms with van der Waals surface area (Å²) in [6, 6.07) is 0. The van der Waals surface area contributed by atoms with Gasteiger partial charge >= 0.3 is 27.6 Å². The number of carbonyl (C=O) groups excluding carboxylic acids is 2. The fraction of sp³-hybridized carbons (Fsp3) is 0.755. The number of unbranched alkanes of at least 4 members (excludes halogenated alkanes) is 17. The lowest BCUT2D eigenvalue weighted by Crippen LogP contribution is -2.64. The van der Waals surface area contributed by atoms with E-state index in [1.807, 2.05) is 12.2 Å². The number of aliphatic hydroxyl groups excluding tert-OH is 5. The molecule has 394 valence electrons. The Labute approximate surface area is 405 Å². The van der Waals surface area contributed by atoms with Crippen LogP contribution in [0.5, 0.6) is 0 Å². The molecule has 68 heavy (non-hydrogen) atoms. The molecule has 1 aliphatic carbocycles. The van der Waals surface area contributed by atoms with E-state index < -0.39 is 83.5 Å². The smallest absolute Gasteiger partial charge is 0.462 e. The highest BCUT2D eigenvalue weighted by Crippen LogP contribution is 2.49. The van der Waals surface area contributed by atoms with Crippen molar-refractivity contribution in [1.82, 2.24) is 0 Å². The Hall–Kier alpha value is -2.34. The van der Waals surface area contributed by atoms with Crippen LogP contribution >= 0.6 is 15.6 Å². The van der Waals surface area contributed by atoms with Crippen molar-refractivity contribution in [3.05, 3.63) is 60.8 Å². The molecular weight excluding hydrogens is 922 g/mol. The number of hydrogen-bond donors (Lipinski definition) is 8. The molecule has 0 aromatic rings. The van der Waals surface area contributed by atoms with Gasteiger partial charge in [-0.1, -0.05) is 138 Å². The summed E-state index contributed by atoms with van der Waals surface area (Å²) < 4.78 is 49.4. The number of esters is 2. The molecule has 1 aliphatic rings. The first-order valence-electron chi connectivity index (χ1n) is 24.9. The Morgan fingerprint density at radius 1 is 0.500 bits per heavy atom. The summed E-state index contributed by atoms with van der Waals surface area (Å²) in [6.45, 7) is 1.07. The molecule has 0 radical (unpaired) electrons. The van der Waals surface area contributed by atoms with E-state index in [2.05, 4.69) is 60.1 Å². The van der Waals surface area contributed by atoms with Gasteiger partial charge < -0.3 is 49.7 Å². The maximum Gasteiger partial charge on any atom is 0.472 e. The number of aliphatic hydroxyl groups is 5. The second-order valence-electron chi connectivity index (χ2n) is 17.3. The van der Waals surface area contributed by atoms with Gasteiger partial charge in [0, 0.05) is 19.4 Å². The van der Waals surface area contributed by atoms with Gasteiger partial charge in [0.15, 0.2) is 6.10 Å². The number of rotatable bonds is 42. The Bertz CT molecular complexity index is 1550. The lowest BCUT2D eigenvalue weighted by molar-refractivity contribution is -0.216. The summed E-state index contributed by atoms with van der Waals surface area (Å²) in [5.74, 6) is -1.29. The van der Waals surface area contributed by atoms with Gasteiger partial charge in [-0.2, -0.15) is 0 Å². The van der Waals surface area contributed by atoms with Crippen molar-refractivity contribution < 1.29 is 82.0 Å². The molecule has 0 spiro atoms. The van der Waals surface area contributed by atoms with Crippen molar-refractivity contribution in [3.63, 3.8) is 0 Å². The molecule has 0 heterocycles. The van der Waals surface area contributed by atoms with Gasteiger partial charge in [0.1, 0.15) is 43.2 Å². The second kappa shape index (κ2) is 40.3. The minimum absolute atomic E-state index is 0.0202. The third kappa shape index (κ3) is 34.1. The van der Waals surface area contributed by atoms with Crippen LogP contribution in [0.3, 0.4) is 0 Å². The first-order valence-corrected chi connectivity index (χ1v) is 28.0. The van der Waals surface area contributed by atoms with E-state index in [0.717, 1.165) is 96.3 Å². The minimum Gasteiger partial charge on any atom is -0.462 e. The highest BCUT2D eigenvalue weighted by molar-refractivity contribution is 7.47. The second-order valence-corrected chi connectivity index (χ2v) is 19.8. The van der Waals surface area contributed by atoms with Crippen LogP contribution in [0.2, 0.25) is 0 Å². The molecule has 0 saturated heterocycles. The first-order chi connectivity index (χ1) is 32.6. The summed E-state index contributed by atoms with van der Waals surface area (Å²) in [7, 11) is -10.7. The van der Waals surface area contributed by atoms with Crippen LogP contribution in [-0.4, -0.2) is 115 Å². The predicted molar refractivity (Wildman–Crippen MR) is 261 cm³/mol. The van der Waals surface area contributed by atoms with E-state index in [1.54, 1.807) is 0 Å². The van der Waals surface area contributed by atoms with Crippen LogP contribution in [0.25, 0.3) is 0 Å². The van der Waals surface area contributed by atoms with E-state index in [4.69, 9.17) is 23.6 Å². The standard InChI is InChI=1S/C49H86O17P2/c1-2-3-4-5-6-7-8-9-10-12-16-19-22-25-28-31-34-37-43(52)64-41(40-63-68(60,61)66-49-46(55)44(53)45(54)48(47(49)56)65-67(57,58)59)39-62-42(51)36-33-30-27-24-21-18-15-13-11-14-17-20-23-26-29-32-35-38-50/h9-11,14-15,18,20,23-24,27,41,44-50,53-56H,2-8,12-13,16-17,19,21-22,25-26,28-40H2,1H3,(H,60,61)(H2,57,58,59)/b10-9-,14-11-,18-15-,23-20-,27-24-/t41-,44?,45?,46?,47?,48-,49+/m1/s1. The summed E-state index contributed by atoms with van der Waals surface area (Å²) in [6.07, 6.45) is 30.4. The number of ether oxygens (including phenoxy) is 2. The van der Waals surface area contributed by atoms with Gasteiger partial charge in [-0.3, -0.25) is 23.2 Å². The first kappa shape index (κ1) is 63.7. The van der Waals surface area contributed by atoms with E-state index in [0.29, 0.717) is 19.3 Å². The summed E-state index contributed by atoms with van der Waals surface area (Å²) >= 11 is 0. The lowest BCUT2D eigenvalue weighted by Gasteiger charge is -2.43. The molecule has 0 aliphatic heterocycles. The van der Waals surface area contributed by atoms with Crippen molar-refractivity contribution in [2.24, 2.45) is 0 Å². The number of phosphoric acid groups is 2. The predicted octanol–water partition coefficient (Wildman–Crippen LogP) is 8.81. The molecular formula is C49H86O17P2. The van der Waals surface area contributed by atoms with Crippen molar-refractivity contribution >= 4 is 27.6 Å². The monoisotopic (exact) mass is 1010 g/mol. The number of carbonyl (C=O) groups is 2. The zero-order chi connectivity index (χ0) is 50.3. The van der Waals surface area contributed by atoms with E-state index in [1.165, 1.54) is 38.5 Å². The Morgan fingerprint density at radius 2 is 0.926 bits per heavy atom. The molecule has 1 rings (SSSR count). The third-order valence-electron chi connectivity index (χ3n) is 11.1. The molecule has 0 aromatic carbocycles. The molecule has 19 heteroatoms. The Balaban J connectivity index is 2.60. The van der Waals surface area contributed by atoms with Gasteiger partial charge in [0.05, 0.1) is 6.61 Å². The average molecular weight is 1010 g/mol. The van der Waals surface area contributed by atoms with Crippen LogP contribution in [0.1, 0.15) is 174 Å². The van der Waals surface area contributed by atoms with Gasteiger partial charge in [0.2, 0.25) is 0 Å². The van der Waals surface area contributed by atoms with E-state index >= 15 is 0 Å². The molecule has 5 unspecified atom stereocenters. The number of hydrogen-bond acceptors (Lipinski definition) is 14. The third-order valence-corrected chi connectivity index (χ3v) is 12.6. The van der Waals surface area contributed by atoms with Crippen molar-refractivity contribution in [2.45, 2.75) is 217 Å². The van der Waals surface area contributed by atoms with Crippen molar-refractivity contribution in [3.8, 4) is 0 Å². The molecule has 0 aromatic heterocycles. The SMILES string of the molecule is CCCCCCCC/C=C\CCCCCCCCCC(=O)O[C@H](COC(=O)CCC/C=C\C/C=C\C/C=C\C/C=C\CCCCCO)COP(=O)(O)O[C@H]1C(O)C(O)C(O)[C@@H](OP(=O)(O)O)C1O. The van der Waals surface area contributed by atoms with E-state index in [-0.39, 0.29) is 19.4 Å². The Kier molecular flexibility index (Phi) is 37.7. The molecule has 0 amide bonds. The average Bonchev–Trinajstić information content (AvgIpc) is 3.29. The van der Waals surface area contributed by atoms with Gasteiger partial charge in [-0.25, -0.2) is 9.13 Å². The zero-order valence-electron chi connectivity index (χ0n) is 40.5. The Morgan fingerprint density at radius 3 is 1.44 bits per heavy atom. The highest BCUT2D eigenvalue weighted by Gasteiger charge is 2.54. The van der Waals surface area contributed by atoms with Crippen LogP contribution in [0.4, 0.5) is 0 Å². The van der Waals surface area contributed by atoms with Crippen LogP contribution in [-0.2, 0) is 41.8 Å². The van der Waals surface area contributed by atoms with E-state index in [9.17, 15) is 53.8 Å². The normalized spacial score (nSPS) is 21.7. The summed E-state index contributed by atoms with van der Waals surface area (Å²) in [5.41, 5.74) is 0. The summed E-state index contributed by atoms with van der Waals surface area (Å²) in [5, 5.41) is 50.1. The van der Waals surface area contributed by atoms with Crippen LogP contribution in [0, 0.1) is 0 Å². The molecule has 8 N–H and O–H groups in total. The van der Waals surface area contributed by atoms with Crippen LogP contribution < -0.4 is 0 Å². The topological polar surface area (TPSA) is 276 Å². The molecule has 1 saturated carbocycles. The highest BCUT2D eigenvalue weighted by atomic mass is 31.2.